The van der Waals surface area contributed by atoms with Crippen molar-refractivity contribution < 1.29 is 9.53 Å². The van der Waals surface area contributed by atoms with E-state index in [2.05, 4.69) is 20.3 Å². The first-order chi connectivity index (χ1) is 8.10. The molecule has 1 amide bonds. The third-order valence-corrected chi connectivity index (χ3v) is 2.21. The SMILES string of the molecule is CCN(CC(=O)NC)c1nc(Cl)nc(OC)n1. The molecule has 0 unspecified atom stereocenters. The first-order valence-corrected chi connectivity index (χ1v) is 5.39. The highest BCUT2D eigenvalue weighted by Crippen LogP contribution is 2.14. The molecule has 0 spiro atoms. The molecule has 0 aromatic carbocycles. The lowest BCUT2D eigenvalue weighted by molar-refractivity contribution is -0.119. The molecule has 0 bridgehead atoms. The van der Waals surface area contributed by atoms with Gasteiger partial charge < -0.3 is 15.0 Å². The zero-order valence-corrected chi connectivity index (χ0v) is 10.7. The Hall–Kier alpha value is -1.63. The predicted octanol–water partition coefficient (Wildman–Crippen LogP) is 0.106. The van der Waals surface area contributed by atoms with Crippen LogP contribution in [0.15, 0.2) is 0 Å². The van der Waals surface area contributed by atoms with Gasteiger partial charge in [0.15, 0.2) is 0 Å². The minimum atomic E-state index is -0.137. The van der Waals surface area contributed by atoms with Crippen LogP contribution in [0.2, 0.25) is 5.28 Å². The zero-order valence-electron chi connectivity index (χ0n) is 9.90. The van der Waals surface area contributed by atoms with Gasteiger partial charge in [0, 0.05) is 13.6 Å². The lowest BCUT2D eigenvalue weighted by Gasteiger charge is -2.19. The van der Waals surface area contributed by atoms with Gasteiger partial charge in [-0.3, -0.25) is 4.79 Å². The Labute approximate surface area is 104 Å². The summed E-state index contributed by atoms with van der Waals surface area (Å²) in [7, 11) is 3.00. The van der Waals surface area contributed by atoms with Crippen molar-refractivity contribution in [3.63, 3.8) is 0 Å². The molecule has 17 heavy (non-hydrogen) atoms. The van der Waals surface area contributed by atoms with Crippen LogP contribution in [0.5, 0.6) is 6.01 Å². The maximum absolute atomic E-state index is 11.3. The third-order valence-electron chi connectivity index (χ3n) is 2.04. The number of amides is 1. The zero-order chi connectivity index (χ0) is 12.8. The standard InChI is InChI=1S/C9H14ClN5O2/c1-4-15(5-6(16)11-2)8-12-7(10)13-9(14-8)17-3/h4-5H2,1-3H3,(H,11,16). The maximum Gasteiger partial charge on any atom is 0.322 e. The molecule has 0 aliphatic rings. The van der Waals surface area contributed by atoms with E-state index in [1.807, 2.05) is 6.92 Å². The Morgan fingerprint density at radius 1 is 1.47 bits per heavy atom. The molecule has 0 saturated carbocycles. The number of hydrogen-bond donors (Lipinski definition) is 1. The van der Waals surface area contributed by atoms with Crippen molar-refractivity contribution in [1.29, 1.82) is 0 Å². The number of nitrogens with zero attached hydrogens (tertiary/aromatic N) is 4. The number of aromatic nitrogens is 3. The lowest BCUT2D eigenvalue weighted by atomic mass is 10.5. The van der Waals surface area contributed by atoms with Crippen molar-refractivity contribution in [2.45, 2.75) is 6.92 Å². The maximum atomic E-state index is 11.3. The van der Waals surface area contributed by atoms with Crippen molar-refractivity contribution in [2.24, 2.45) is 0 Å². The van der Waals surface area contributed by atoms with E-state index in [4.69, 9.17) is 16.3 Å². The molecule has 1 aromatic rings. The smallest absolute Gasteiger partial charge is 0.322 e. The van der Waals surface area contributed by atoms with E-state index in [-0.39, 0.29) is 23.7 Å². The number of halogens is 1. The van der Waals surface area contributed by atoms with Crippen LogP contribution in [-0.2, 0) is 4.79 Å². The van der Waals surface area contributed by atoms with Gasteiger partial charge in [0.05, 0.1) is 13.7 Å². The molecule has 7 nitrogen and oxygen atoms in total. The molecular formula is C9H14ClN5O2. The Morgan fingerprint density at radius 2 is 2.18 bits per heavy atom. The van der Waals surface area contributed by atoms with Crippen LogP contribution in [0.25, 0.3) is 0 Å². The van der Waals surface area contributed by atoms with E-state index >= 15 is 0 Å². The molecule has 94 valence electrons. The van der Waals surface area contributed by atoms with E-state index in [0.717, 1.165) is 0 Å². The Bertz CT molecular complexity index is 401. The van der Waals surface area contributed by atoms with Crippen molar-refractivity contribution in [3.05, 3.63) is 5.28 Å². The average molecular weight is 260 g/mol. The molecule has 1 rings (SSSR count). The summed E-state index contributed by atoms with van der Waals surface area (Å²) >= 11 is 5.73. The van der Waals surface area contributed by atoms with Gasteiger partial charge in [0.25, 0.3) is 0 Å². The van der Waals surface area contributed by atoms with Crippen LogP contribution in [-0.4, -0.2) is 48.1 Å². The molecule has 0 aliphatic heterocycles. The Balaban J connectivity index is 2.94. The Kier molecular flexibility index (Phi) is 4.89. The molecule has 1 aromatic heterocycles. The molecule has 1 N–H and O–H groups in total. The van der Waals surface area contributed by atoms with Crippen LogP contribution in [0.3, 0.4) is 0 Å². The summed E-state index contributed by atoms with van der Waals surface area (Å²) in [6.07, 6.45) is 0. The summed E-state index contributed by atoms with van der Waals surface area (Å²) in [5.41, 5.74) is 0. The fraction of sp³-hybridized carbons (Fsp3) is 0.556. The monoisotopic (exact) mass is 259 g/mol. The topological polar surface area (TPSA) is 80.2 Å². The van der Waals surface area contributed by atoms with Crippen LogP contribution in [0.4, 0.5) is 5.95 Å². The van der Waals surface area contributed by atoms with Gasteiger partial charge in [0.1, 0.15) is 0 Å². The van der Waals surface area contributed by atoms with Crippen LogP contribution in [0, 0.1) is 0 Å². The van der Waals surface area contributed by atoms with Crippen LogP contribution < -0.4 is 15.0 Å². The largest absolute Gasteiger partial charge is 0.467 e. The van der Waals surface area contributed by atoms with Gasteiger partial charge in [-0.2, -0.15) is 15.0 Å². The lowest BCUT2D eigenvalue weighted by Crippen LogP contribution is -2.36. The van der Waals surface area contributed by atoms with Gasteiger partial charge in [-0.1, -0.05) is 0 Å². The van der Waals surface area contributed by atoms with E-state index in [9.17, 15) is 4.79 Å². The first kappa shape index (κ1) is 13.4. The minimum Gasteiger partial charge on any atom is -0.467 e. The quantitative estimate of drug-likeness (QED) is 0.808. The van der Waals surface area contributed by atoms with E-state index < -0.39 is 0 Å². The van der Waals surface area contributed by atoms with Crippen LogP contribution >= 0.6 is 11.6 Å². The Morgan fingerprint density at radius 3 is 2.71 bits per heavy atom. The normalized spacial score (nSPS) is 9.88. The highest BCUT2D eigenvalue weighted by molar-refractivity contribution is 6.28. The fourth-order valence-corrected chi connectivity index (χ4v) is 1.28. The number of carbonyl (C=O) groups excluding carboxylic acids is 1. The van der Waals surface area contributed by atoms with Crippen molar-refractivity contribution in [2.75, 3.05) is 32.1 Å². The summed E-state index contributed by atoms with van der Waals surface area (Å²) in [5, 5.41) is 2.56. The van der Waals surface area contributed by atoms with Gasteiger partial charge >= 0.3 is 6.01 Å². The minimum absolute atomic E-state index is 0.0298. The number of rotatable bonds is 5. The fourth-order valence-electron chi connectivity index (χ4n) is 1.13. The third kappa shape index (κ3) is 3.70. The molecule has 0 saturated heterocycles. The summed E-state index contributed by atoms with van der Waals surface area (Å²) in [4.78, 5) is 24.7. The number of carbonyl (C=O) groups is 1. The molecule has 0 atom stereocenters. The van der Waals surface area contributed by atoms with E-state index in [1.54, 1.807) is 11.9 Å². The first-order valence-electron chi connectivity index (χ1n) is 5.01. The van der Waals surface area contributed by atoms with Gasteiger partial charge in [-0.25, -0.2) is 0 Å². The number of ether oxygens (including phenoxy) is 1. The highest BCUT2D eigenvalue weighted by atomic mass is 35.5. The van der Waals surface area contributed by atoms with E-state index in [1.165, 1.54) is 7.11 Å². The van der Waals surface area contributed by atoms with Crippen molar-refractivity contribution in [3.8, 4) is 6.01 Å². The van der Waals surface area contributed by atoms with Crippen LogP contribution in [0.1, 0.15) is 6.92 Å². The number of hydrogen-bond acceptors (Lipinski definition) is 6. The summed E-state index contributed by atoms with van der Waals surface area (Å²) in [6, 6.07) is 0.121. The predicted molar refractivity (Wildman–Crippen MR) is 63.3 cm³/mol. The molecule has 1 heterocycles. The van der Waals surface area contributed by atoms with Crippen molar-refractivity contribution >= 4 is 23.5 Å². The highest BCUT2D eigenvalue weighted by Gasteiger charge is 2.14. The van der Waals surface area contributed by atoms with E-state index in [0.29, 0.717) is 12.5 Å². The second kappa shape index (κ2) is 6.19. The number of likely N-dealkylation sites (N-methyl/N-ethyl adjacent to an activating group) is 2. The number of anilines is 1. The summed E-state index contributed by atoms with van der Waals surface area (Å²) in [6.45, 7) is 2.60. The molecule has 0 fully saturated rings. The van der Waals surface area contributed by atoms with Gasteiger partial charge in [-0.15, -0.1) is 0 Å². The molecule has 0 radical (unpaired) electrons. The average Bonchev–Trinajstić information content (AvgIpc) is 2.34. The van der Waals surface area contributed by atoms with Crippen molar-refractivity contribution in [1.82, 2.24) is 20.3 Å². The summed E-state index contributed by atoms with van der Waals surface area (Å²) < 4.78 is 4.89. The second-order valence-corrected chi connectivity index (χ2v) is 3.42. The number of nitrogens with one attached hydrogen (secondary N) is 1. The molecule has 8 heteroatoms. The van der Waals surface area contributed by atoms with Gasteiger partial charge in [-0.05, 0) is 18.5 Å². The molecule has 0 aliphatic carbocycles. The van der Waals surface area contributed by atoms with Gasteiger partial charge in [0.2, 0.25) is 17.1 Å². The second-order valence-electron chi connectivity index (χ2n) is 3.08. The number of methoxy groups -OCH3 is 1. The molecular weight excluding hydrogens is 246 g/mol. The summed E-state index contributed by atoms with van der Waals surface area (Å²) in [5.74, 6) is 0.176.